The molecule has 1 aromatic carbocycles. The average Bonchev–Trinajstić information content (AvgIpc) is 2.80. The first-order valence-corrected chi connectivity index (χ1v) is 6.69. The summed E-state index contributed by atoms with van der Waals surface area (Å²) in [5.41, 5.74) is 8.08. The zero-order valence-electron chi connectivity index (χ0n) is 11.5. The van der Waals surface area contributed by atoms with Crippen LogP contribution < -0.4 is 5.73 Å². The van der Waals surface area contributed by atoms with Gasteiger partial charge in [0, 0.05) is 11.6 Å². The largest absolute Gasteiger partial charge is 0.322 e. The lowest BCUT2D eigenvalue weighted by molar-refractivity contribution is 0.124. The summed E-state index contributed by atoms with van der Waals surface area (Å²) in [5.74, 6) is -0.197. The van der Waals surface area contributed by atoms with E-state index in [-0.39, 0.29) is 17.4 Å². The van der Waals surface area contributed by atoms with Gasteiger partial charge in [-0.25, -0.2) is 4.39 Å². The van der Waals surface area contributed by atoms with Gasteiger partial charge in [0.2, 0.25) is 0 Å². The molecule has 0 radical (unpaired) electrons. The molecule has 1 fully saturated rings. The fraction of sp³-hybridized carbons (Fsp3) is 0.600. The van der Waals surface area contributed by atoms with Crippen molar-refractivity contribution < 1.29 is 4.39 Å². The van der Waals surface area contributed by atoms with Crippen LogP contribution in [0, 0.1) is 12.7 Å². The molecule has 0 saturated carbocycles. The molecule has 1 heterocycles. The molecule has 1 aromatic rings. The van der Waals surface area contributed by atoms with Gasteiger partial charge in [0.1, 0.15) is 5.82 Å². The average molecular weight is 250 g/mol. The smallest absolute Gasteiger partial charge is 0.123 e. The lowest BCUT2D eigenvalue weighted by Crippen LogP contribution is -2.49. The van der Waals surface area contributed by atoms with Crippen molar-refractivity contribution in [3.8, 4) is 0 Å². The Morgan fingerprint density at radius 1 is 1.22 bits per heavy atom. The summed E-state index contributed by atoms with van der Waals surface area (Å²) in [6.45, 7) is 8.40. The molecule has 0 aliphatic carbocycles. The number of likely N-dealkylation sites (tertiary alicyclic amines) is 1. The predicted molar refractivity (Wildman–Crippen MR) is 73.0 cm³/mol. The van der Waals surface area contributed by atoms with E-state index < -0.39 is 0 Å². The number of benzene rings is 1. The quantitative estimate of drug-likeness (QED) is 0.893. The first kappa shape index (κ1) is 13.5. The normalized spacial score (nSPS) is 19.2. The first-order valence-electron chi connectivity index (χ1n) is 6.69. The van der Waals surface area contributed by atoms with Crippen LogP contribution in [0.3, 0.4) is 0 Å². The van der Waals surface area contributed by atoms with Crippen LogP contribution >= 0.6 is 0 Å². The van der Waals surface area contributed by atoms with E-state index in [4.69, 9.17) is 5.73 Å². The minimum Gasteiger partial charge on any atom is -0.322 e. The maximum Gasteiger partial charge on any atom is 0.123 e. The summed E-state index contributed by atoms with van der Waals surface area (Å²) in [5, 5.41) is 0. The Kier molecular flexibility index (Phi) is 3.74. The highest BCUT2D eigenvalue weighted by Gasteiger charge is 2.35. The number of hydrogen-bond acceptors (Lipinski definition) is 2. The monoisotopic (exact) mass is 250 g/mol. The molecule has 0 spiro atoms. The van der Waals surface area contributed by atoms with Gasteiger partial charge in [-0.3, -0.25) is 4.90 Å². The second kappa shape index (κ2) is 4.98. The third kappa shape index (κ3) is 2.57. The third-order valence-corrected chi connectivity index (χ3v) is 4.11. The maximum absolute atomic E-state index is 13.5. The van der Waals surface area contributed by atoms with Crippen molar-refractivity contribution in [1.29, 1.82) is 0 Å². The van der Waals surface area contributed by atoms with Crippen LogP contribution in [0.15, 0.2) is 18.2 Å². The van der Waals surface area contributed by atoms with Crippen molar-refractivity contribution in [3.05, 3.63) is 35.1 Å². The van der Waals surface area contributed by atoms with Crippen LogP contribution in [-0.4, -0.2) is 23.5 Å². The molecule has 1 aliphatic heterocycles. The molecular weight excluding hydrogens is 227 g/mol. The fourth-order valence-corrected chi connectivity index (χ4v) is 2.84. The lowest BCUT2D eigenvalue weighted by Gasteiger charge is -2.40. The highest BCUT2D eigenvalue weighted by molar-refractivity contribution is 5.28. The van der Waals surface area contributed by atoms with Crippen molar-refractivity contribution in [2.45, 2.75) is 45.2 Å². The van der Waals surface area contributed by atoms with Crippen LogP contribution in [0.4, 0.5) is 4.39 Å². The van der Waals surface area contributed by atoms with E-state index in [1.165, 1.54) is 12.8 Å². The molecule has 1 atom stereocenters. The Bertz CT molecular complexity index is 402. The molecule has 1 unspecified atom stereocenters. The minimum atomic E-state index is -0.197. The molecule has 18 heavy (non-hydrogen) atoms. The number of nitrogens with two attached hydrogens (primary N) is 1. The molecule has 2 nitrogen and oxygen atoms in total. The van der Waals surface area contributed by atoms with E-state index in [1.807, 2.05) is 13.0 Å². The number of aryl methyl sites for hydroxylation is 1. The van der Waals surface area contributed by atoms with E-state index in [1.54, 1.807) is 12.1 Å². The van der Waals surface area contributed by atoms with Gasteiger partial charge < -0.3 is 5.73 Å². The molecule has 1 aliphatic rings. The van der Waals surface area contributed by atoms with Crippen LogP contribution in [0.5, 0.6) is 0 Å². The Morgan fingerprint density at radius 2 is 1.83 bits per heavy atom. The number of halogens is 1. The summed E-state index contributed by atoms with van der Waals surface area (Å²) in [6.07, 6.45) is 2.47. The standard InChI is InChI=1S/C15H23FN2/c1-11-8-12(10-13(16)9-11)14(17)15(2,3)18-6-4-5-7-18/h8-10,14H,4-7,17H2,1-3H3. The molecular formula is C15H23FN2. The van der Waals surface area contributed by atoms with Crippen molar-refractivity contribution in [2.75, 3.05) is 13.1 Å². The highest BCUT2D eigenvalue weighted by atomic mass is 19.1. The summed E-state index contributed by atoms with van der Waals surface area (Å²) in [7, 11) is 0. The van der Waals surface area contributed by atoms with Gasteiger partial charge in [-0.15, -0.1) is 0 Å². The zero-order chi connectivity index (χ0) is 13.3. The van der Waals surface area contributed by atoms with Gasteiger partial charge in [-0.05, 0) is 70.0 Å². The van der Waals surface area contributed by atoms with E-state index >= 15 is 0 Å². The van der Waals surface area contributed by atoms with E-state index in [9.17, 15) is 4.39 Å². The van der Waals surface area contributed by atoms with Crippen LogP contribution in [0.25, 0.3) is 0 Å². The second-order valence-electron chi connectivity index (χ2n) is 5.89. The Hall–Kier alpha value is -0.930. The maximum atomic E-state index is 13.5. The molecule has 1 saturated heterocycles. The fourth-order valence-electron chi connectivity index (χ4n) is 2.84. The van der Waals surface area contributed by atoms with E-state index in [0.29, 0.717) is 0 Å². The van der Waals surface area contributed by atoms with Crippen LogP contribution in [0.1, 0.15) is 43.9 Å². The van der Waals surface area contributed by atoms with E-state index in [2.05, 4.69) is 18.7 Å². The van der Waals surface area contributed by atoms with Crippen LogP contribution in [-0.2, 0) is 0 Å². The van der Waals surface area contributed by atoms with Gasteiger partial charge in [0.25, 0.3) is 0 Å². The summed E-state index contributed by atoms with van der Waals surface area (Å²) < 4.78 is 13.5. The molecule has 0 aromatic heterocycles. The topological polar surface area (TPSA) is 29.3 Å². The summed E-state index contributed by atoms with van der Waals surface area (Å²) in [6, 6.07) is 4.94. The lowest BCUT2D eigenvalue weighted by atomic mass is 9.87. The van der Waals surface area contributed by atoms with Crippen molar-refractivity contribution >= 4 is 0 Å². The number of hydrogen-bond donors (Lipinski definition) is 1. The van der Waals surface area contributed by atoms with Gasteiger partial charge in [0.15, 0.2) is 0 Å². The third-order valence-electron chi connectivity index (χ3n) is 4.11. The second-order valence-corrected chi connectivity index (χ2v) is 5.89. The minimum absolute atomic E-state index is 0.128. The highest BCUT2D eigenvalue weighted by Crippen LogP contribution is 2.32. The molecule has 2 N–H and O–H groups in total. The number of rotatable bonds is 3. The molecule has 0 bridgehead atoms. The number of nitrogens with zero attached hydrogens (tertiary/aromatic N) is 1. The molecule has 3 heteroatoms. The molecule has 100 valence electrons. The first-order chi connectivity index (χ1) is 8.41. The van der Waals surface area contributed by atoms with E-state index in [0.717, 1.165) is 24.2 Å². The van der Waals surface area contributed by atoms with Crippen LogP contribution in [0.2, 0.25) is 0 Å². The van der Waals surface area contributed by atoms with Crippen molar-refractivity contribution in [3.63, 3.8) is 0 Å². The summed E-state index contributed by atoms with van der Waals surface area (Å²) >= 11 is 0. The Labute approximate surface area is 109 Å². The summed E-state index contributed by atoms with van der Waals surface area (Å²) in [4.78, 5) is 2.41. The Balaban J connectivity index is 2.25. The Morgan fingerprint density at radius 3 is 2.39 bits per heavy atom. The predicted octanol–water partition coefficient (Wildman–Crippen LogP) is 3.01. The van der Waals surface area contributed by atoms with Crippen molar-refractivity contribution in [2.24, 2.45) is 5.73 Å². The van der Waals surface area contributed by atoms with Gasteiger partial charge >= 0.3 is 0 Å². The zero-order valence-corrected chi connectivity index (χ0v) is 11.5. The van der Waals surface area contributed by atoms with Gasteiger partial charge in [-0.2, -0.15) is 0 Å². The molecule has 2 rings (SSSR count). The van der Waals surface area contributed by atoms with Gasteiger partial charge in [0.05, 0.1) is 0 Å². The van der Waals surface area contributed by atoms with Crippen molar-refractivity contribution in [1.82, 2.24) is 4.90 Å². The SMILES string of the molecule is Cc1cc(F)cc(C(N)C(C)(C)N2CCCC2)c1. The van der Waals surface area contributed by atoms with Gasteiger partial charge in [-0.1, -0.05) is 6.07 Å². The molecule has 0 amide bonds.